The van der Waals surface area contributed by atoms with E-state index in [9.17, 15) is 19.2 Å². The van der Waals surface area contributed by atoms with E-state index in [2.05, 4.69) is 23.7 Å². The van der Waals surface area contributed by atoms with E-state index in [-0.39, 0.29) is 31.5 Å². The van der Waals surface area contributed by atoms with Gasteiger partial charge in [-0.2, -0.15) is 5.10 Å². The summed E-state index contributed by atoms with van der Waals surface area (Å²) >= 11 is 1.45. The number of nitrogens with one attached hydrogen (secondary N) is 1. The van der Waals surface area contributed by atoms with Crippen LogP contribution in [-0.4, -0.2) is 55.3 Å². The molecule has 0 unspecified atom stereocenters. The predicted octanol–water partition coefficient (Wildman–Crippen LogP) is 7.65. The molecule has 6 aromatic rings. The molecule has 13 nitrogen and oxygen atoms in total. The Labute approximate surface area is 324 Å². The fraction of sp³-hybridized carbons (Fsp3) is 0.0952. The van der Waals surface area contributed by atoms with Gasteiger partial charge in [0.15, 0.2) is 0 Å². The lowest BCUT2D eigenvalue weighted by molar-refractivity contribution is -0.145. The highest BCUT2D eigenvalue weighted by molar-refractivity contribution is 7.22. The maximum atomic E-state index is 13.2. The highest BCUT2D eigenvalue weighted by atomic mass is 32.1. The van der Waals surface area contributed by atoms with E-state index in [0.717, 1.165) is 38.7 Å². The van der Waals surface area contributed by atoms with Crippen molar-refractivity contribution in [3.05, 3.63) is 151 Å². The van der Waals surface area contributed by atoms with Gasteiger partial charge in [-0.1, -0.05) is 60.9 Å². The van der Waals surface area contributed by atoms with Gasteiger partial charge in [-0.05, 0) is 77.7 Å². The number of hydrazone groups is 1. The number of esters is 4. The lowest BCUT2D eigenvalue weighted by Crippen LogP contribution is -2.11. The molecule has 0 saturated carbocycles. The molecule has 0 amide bonds. The zero-order valence-electron chi connectivity index (χ0n) is 29.7. The third kappa shape index (κ3) is 10.2. The molecule has 0 atom stereocenters. The molecule has 0 fully saturated rings. The van der Waals surface area contributed by atoms with Crippen LogP contribution in [0.3, 0.4) is 0 Å². The van der Waals surface area contributed by atoms with E-state index in [1.54, 1.807) is 42.5 Å². The number of carbonyl (C=O) groups is 4. The van der Waals surface area contributed by atoms with Crippen molar-refractivity contribution in [2.45, 2.75) is 6.42 Å². The molecule has 0 radical (unpaired) electrons. The van der Waals surface area contributed by atoms with Crippen molar-refractivity contribution in [3.63, 3.8) is 0 Å². The first-order chi connectivity index (χ1) is 27.3. The zero-order chi connectivity index (χ0) is 39.3. The number of rotatable bonds is 17. The summed E-state index contributed by atoms with van der Waals surface area (Å²) in [6.07, 6.45) is 3.92. The molecule has 5 aromatic carbocycles. The molecule has 1 N–H and O–H groups in total. The molecular formula is C42H33N3O10S. The van der Waals surface area contributed by atoms with E-state index in [0.29, 0.717) is 34.2 Å². The molecular weight excluding hydrogens is 739 g/mol. The van der Waals surface area contributed by atoms with Gasteiger partial charge in [-0.15, -0.1) is 0 Å². The van der Waals surface area contributed by atoms with Crippen LogP contribution in [0.25, 0.3) is 21.0 Å². The third-order valence-corrected chi connectivity index (χ3v) is 8.84. The average molecular weight is 772 g/mol. The fourth-order valence-corrected chi connectivity index (χ4v) is 5.95. The molecule has 0 spiro atoms. The van der Waals surface area contributed by atoms with Crippen molar-refractivity contribution in [1.82, 2.24) is 4.98 Å². The molecule has 0 saturated heterocycles. The molecule has 14 heteroatoms. The van der Waals surface area contributed by atoms with E-state index in [1.807, 2.05) is 36.4 Å². The Hall–Kier alpha value is -7.32. The summed E-state index contributed by atoms with van der Waals surface area (Å²) in [6, 6.07) is 29.5. The van der Waals surface area contributed by atoms with Crippen LogP contribution in [0.15, 0.2) is 134 Å². The summed E-state index contributed by atoms with van der Waals surface area (Å²) in [5.41, 5.74) is 5.66. The van der Waals surface area contributed by atoms with Gasteiger partial charge in [-0.3, -0.25) is 5.43 Å². The summed E-state index contributed by atoms with van der Waals surface area (Å²) in [5.74, 6) is -1.41. The second-order valence-corrected chi connectivity index (χ2v) is 12.6. The largest absolute Gasteiger partial charge is 0.462 e. The number of aromatic nitrogens is 1. The van der Waals surface area contributed by atoms with Crippen LogP contribution < -0.4 is 19.6 Å². The lowest BCUT2D eigenvalue weighted by atomic mass is 10.1. The number of fused-ring (bicyclic) bond motifs is 3. The zero-order valence-corrected chi connectivity index (χ0v) is 30.5. The average Bonchev–Trinajstić information content (AvgIpc) is 3.65. The van der Waals surface area contributed by atoms with Gasteiger partial charge in [0.1, 0.15) is 17.2 Å². The van der Waals surface area contributed by atoms with Gasteiger partial charge < -0.3 is 28.4 Å². The van der Waals surface area contributed by atoms with Crippen LogP contribution in [0.5, 0.6) is 17.2 Å². The number of hydrogen-bond donors (Lipinski definition) is 1. The number of anilines is 1. The summed E-state index contributed by atoms with van der Waals surface area (Å²) in [5, 5.41) is 7.10. The first kappa shape index (κ1) is 38.4. The van der Waals surface area contributed by atoms with Crippen molar-refractivity contribution in [2.75, 3.05) is 25.6 Å². The standard InChI is InChI=1S/C42H33N3O10S/c1-3-37(46)53-25-51-32-15-10-29(11-16-32)40(48)50-22-21-27-9-19-35(55-41(49)30-12-17-33(18-13-30)52-26-54-38(47)4-2)31(23-27)24-43-45-42-44-39-34-8-6-5-7-28(34)14-20-36(39)56-42/h3-20,23-24H,1-2,21-22,25-26H2,(H,44,45)/b43-24+. The van der Waals surface area contributed by atoms with Crippen molar-refractivity contribution >= 4 is 67.5 Å². The van der Waals surface area contributed by atoms with Gasteiger partial charge in [0.2, 0.25) is 18.7 Å². The maximum Gasteiger partial charge on any atom is 0.343 e. The van der Waals surface area contributed by atoms with Crippen molar-refractivity contribution in [1.29, 1.82) is 0 Å². The van der Waals surface area contributed by atoms with E-state index >= 15 is 0 Å². The van der Waals surface area contributed by atoms with Crippen LogP contribution in [0.1, 0.15) is 31.8 Å². The molecule has 56 heavy (non-hydrogen) atoms. The van der Waals surface area contributed by atoms with Gasteiger partial charge in [0.05, 0.1) is 34.2 Å². The Morgan fingerprint density at radius 1 is 0.732 bits per heavy atom. The maximum absolute atomic E-state index is 13.2. The monoisotopic (exact) mass is 771 g/mol. The summed E-state index contributed by atoms with van der Waals surface area (Å²) in [6.45, 7) is 6.09. The Morgan fingerprint density at radius 3 is 2.04 bits per heavy atom. The molecule has 1 heterocycles. The van der Waals surface area contributed by atoms with E-state index in [4.69, 9.17) is 33.4 Å². The normalized spacial score (nSPS) is 10.8. The number of hydrogen-bond acceptors (Lipinski definition) is 14. The highest BCUT2D eigenvalue weighted by Crippen LogP contribution is 2.32. The van der Waals surface area contributed by atoms with Gasteiger partial charge >= 0.3 is 23.9 Å². The van der Waals surface area contributed by atoms with Crippen LogP contribution >= 0.6 is 11.3 Å². The molecule has 0 aliphatic carbocycles. The topological polar surface area (TPSA) is 161 Å². The molecule has 282 valence electrons. The van der Waals surface area contributed by atoms with Crippen molar-refractivity contribution in [3.8, 4) is 17.2 Å². The summed E-state index contributed by atoms with van der Waals surface area (Å²) in [4.78, 5) is 53.1. The molecule has 6 rings (SSSR count). The number of ether oxygens (including phenoxy) is 6. The number of carbonyl (C=O) groups excluding carboxylic acids is 4. The van der Waals surface area contributed by atoms with Gasteiger partial charge in [0, 0.05) is 29.5 Å². The Balaban J connectivity index is 1.12. The van der Waals surface area contributed by atoms with Crippen LogP contribution in [0, 0.1) is 0 Å². The Bertz CT molecular complexity index is 2420. The SMILES string of the molecule is C=CC(=O)OCOc1ccc(C(=O)OCCc2ccc(OC(=O)c3ccc(OCOC(=O)C=C)cc3)c(/C=N/Nc3nc4c(ccc5ccccc54)s3)c2)cc1. The second-order valence-electron chi connectivity index (χ2n) is 11.6. The van der Waals surface area contributed by atoms with E-state index < -0.39 is 23.9 Å². The molecule has 0 aliphatic heterocycles. The van der Waals surface area contributed by atoms with Crippen LogP contribution in [-0.2, 0) is 30.2 Å². The number of thiazole rings is 1. The summed E-state index contributed by atoms with van der Waals surface area (Å²) in [7, 11) is 0. The number of benzene rings is 5. The Kier molecular flexibility index (Phi) is 12.8. The fourth-order valence-electron chi connectivity index (χ4n) is 5.12. The third-order valence-electron chi connectivity index (χ3n) is 7.92. The van der Waals surface area contributed by atoms with Crippen LogP contribution in [0.2, 0.25) is 0 Å². The number of nitrogens with zero attached hydrogens (tertiary/aromatic N) is 2. The molecule has 1 aromatic heterocycles. The first-order valence-corrected chi connectivity index (χ1v) is 17.7. The van der Waals surface area contributed by atoms with Gasteiger partial charge in [-0.25, -0.2) is 24.2 Å². The Morgan fingerprint density at radius 2 is 1.38 bits per heavy atom. The predicted molar refractivity (Wildman–Crippen MR) is 210 cm³/mol. The lowest BCUT2D eigenvalue weighted by Gasteiger charge is -2.11. The first-order valence-electron chi connectivity index (χ1n) is 16.9. The minimum Gasteiger partial charge on any atom is -0.462 e. The smallest absolute Gasteiger partial charge is 0.343 e. The van der Waals surface area contributed by atoms with Gasteiger partial charge in [0.25, 0.3) is 0 Å². The van der Waals surface area contributed by atoms with Crippen molar-refractivity contribution < 1.29 is 47.6 Å². The second kappa shape index (κ2) is 18.6. The van der Waals surface area contributed by atoms with E-state index in [1.165, 1.54) is 41.8 Å². The minimum absolute atomic E-state index is 0.0590. The summed E-state index contributed by atoms with van der Waals surface area (Å²) < 4.78 is 32.6. The van der Waals surface area contributed by atoms with Crippen molar-refractivity contribution in [2.24, 2.45) is 5.10 Å². The van der Waals surface area contributed by atoms with Crippen LogP contribution in [0.4, 0.5) is 5.13 Å². The highest BCUT2D eigenvalue weighted by Gasteiger charge is 2.14. The quantitative estimate of drug-likeness (QED) is 0.0184. The molecule has 0 aliphatic rings. The molecule has 0 bridgehead atoms. The minimum atomic E-state index is -0.633.